The van der Waals surface area contributed by atoms with Gasteiger partial charge in [0.15, 0.2) is 5.65 Å². The molecule has 0 N–H and O–H groups in total. The summed E-state index contributed by atoms with van der Waals surface area (Å²) < 4.78 is 7.02. The predicted molar refractivity (Wildman–Crippen MR) is 95.6 cm³/mol. The second kappa shape index (κ2) is 6.20. The quantitative estimate of drug-likeness (QED) is 0.738. The summed E-state index contributed by atoms with van der Waals surface area (Å²) in [6, 6.07) is 9.58. The van der Waals surface area contributed by atoms with Crippen LogP contribution in [0.3, 0.4) is 0 Å². The van der Waals surface area contributed by atoms with Crippen molar-refractivity contribution in [1.82, 2.24) is 19.7 Å². The van der Waals surface area contributed by atoms with Gasteiger partial charge in [-0.05, 0) is 31.0 Å². The van der Waals surface area contributed by atoms with Gasteiger partial charge < -0.3 is 9.64 Å². The zero-order valence-electron chi connectivity index (χ0n) is 14.4. The molecule has 1 aromatic carbocycles. The lowest BCUT2D eigenvalue weighted by molar-refractivity contribution is 0.0794. The molecule has 1 amide bonds. The number of rotatable bonds is 3. The van der Waals surface area contributed by atoms with Gasteiger partial charge >= 0.3 is 0 Å². The molecule has 1 saturated heterocycles. The number of ether oxygens (including phenoxy) is 1. The van der Waals surface area contributed by atoms with Crippen LogP contribution >= 0.6 is 0 Å². The number of carbonyl (C=O) groups excluding carboxylic acids is 1. The molecule has 6 heteroatoms. The largest absolute Gasteiger partial charge is 0.497 e. The number of aromatic nitrogens is 3. The Hall–Kier alpha value is -2.89. The van der Waals surface area contributed by atoms with E-state index in [-0.39, 0.29) is 5.91 Å². The van der Waals surface area contributed by atoms with E-state index >= 15 is 0 Å². The number of fused-ring (bicyclic) bond motifs is 1. The zero-order chi connectivity index (χ0) is 17.4. The molecule has 6 nitrogen and oxygen atoms in total. The minimum atomic E-state index is 0.0575. The summed E-state index contributed by atoms with van der Waals surface area (Å²) in [5.41, 5.74) is 3.04. The Labute approximate surface area is 146 Å². The fraction of sp³-hybridized carbons (Fsp3) is 0.316. The Morgan fingerprint density at radius 2 is 2.00 bits per heavy atom. The third kappa shape index (κ3) is 2.73. The maximum Gasteiger partial charge on any atom is 0.254 e. The normalized spacial score (nSPS) is 14.2. The van der Waals surface area contributed by atoms with Crippen LogP contribution in [0.4, 0.5) is 0 Å². The Kier molecular flexibility index (Phi) is 3.87. The summed E-state index contributed by atoms with van der Waals surface area (Å²) in [6.45, 7) is 1.63. The van der Waals surface area contributed by atoms with E-state index in [0.717, 1.165) is 48.3 Å². The third-order valence-electron chi connectivity index (χ3n) is 4.69. The van der Waals surface area contributed by atoms with Crippen molar-refractivity contribution in [2.75, 3.05) is 20.2 Å². The summed E-state index contributed by atoms with van der Waals surface area (Å²) in [4.78, 5) is 19.7. The van der Waals surface area contributed by atoms with Crippen LogP contribution in [0.15, 0.2) is 36.5 Å². The average Bonchev–Trinajstić information content (AvgIpc) is 3.31. The summed E-state index contributed by atoms with van der Waals surface area (Å²) in [6.07, 6.45) is 3.85. The smallest absolute Gasteiger partial charge is 0.254 e. The zero-order valence-corrected chi connectivity index (χ0v) is 14.4. The Balaban J connectivity index is 1.88. The molecule has 25 heavy (non-hydrogen) atoms. The molecular weight excluding hydrogens is 316 g/mol. The Morgan fingerprint density at radius 3 is 2.76 bits per heavy atom. The number of aryl methyl sites for hydroxylation is 1. The van der Waals surface area contributed by atoms with Crippen molar-refractivity contribution in [2.24, 2.45) is 7.05 Å². The molecule has 128 valence electrons. The van der Waals surface area contributed by atoms with Gasteiger partial charge in [-0.1, -0.05) is 12.1 Å². The van der Waals surface area contributed by atoms with E-state index < -0.39 is 0 Å². The van der Waals surface area contributed by atoms with Gasteiger partial charge in [0.05, 0.1) is 30.0 Å². The minimum Gasteiger partial charge on any atom is -0.497 e. The van der Waals surface area contributed by atoms with Crippen LogP contribution in [0.5, 0.6) is 5.75 Å². The van der Waals surface area contributed by atoms with E-state index in [1.165, 1.54) is 0 Å². The van der Waals surface area contributed by atoms with Crippen LogP contribution in [0.2, 0.25) is 0 Å². The maximum absolute atomic E-state index is 13.0. The molecule has 1 aliphatic rings. The molecular formula is C19H20N4O2. The van der Waals surface area contributed by atoms with Crippen molar-refractivity contribution in [3.63, 3.8) is 0 Å². The fourth-order valence-electron chi connectivity index (χ4n) is 3.31. The molecule has 4 rings (SSSR count). The van der Waals surface area contributed by atoms with Gasteiger partial charge in [-0.15, -0.1) is 0 Å². The van der Waals surface area contributed by atoms with Crippen LogP contribution in [0.25, 0.3) is 22.3 Å². The molecule has 0 unspecified atom stereocenters. The molecule has 1 aliphatic heterocycles. The Bertz CT molecular complexity index is 942. The summed E-state index contributed by atoms with van der Waals surface area (Å²) in [5.74, 6) is 0.818. The van der Waals surface area contributed by atoms with Gasteiger partial charge in [-0.2, -0.15) is 5.10 Å². The molecule has 0 radical (unpaired) electrons. The molecule has 3 aromatic rings. The lowest BCUT2D eigenvalue weighted by atomic mass is 10.1. The number of hydrogen-bond acceptors (Lipinski definition) is 4. The van der Waals surface area contributed by atoms with E-state index in [1.807, 2.05) is 42.3 Å². The maximum atomic E-state index is 13.0. The average molecular weight is 336 g/mol. The van der Waals surface area contributed by atoms with Gasteiger partial charge in [-0.25, -0.2) is 4.98 Å². The first-order valence-electron chi connectivity index (χ1n) is 8.44. The highest BCUT2D eigenvalue weighted by molar-refractivity contribution is 6.06. The van der Waals surface area contributed by atoms with Gasteiger partial charge in [0.25, 0.3) is 5.91 Å². The van der Waals surface area contributed by atoms with Crippen molar-refractivity contribution in [2.45, 2.75) is 12.8 Å². The molecule has 0 bridgehead atoms. The fourth-order valence-corrected chi connectivity index (χ4v) is 3.31. The molecule has 0 saturated carbocycles. The number of likely N-dealkylation sites (tertiary alicyclic amines) is 1. The van der Waals surface area contributed by atoms with Gasteiger partial charge in [0.1, 0.15) is 5.75 Å². The second-order valence-electron chi connectivity index (χ2n) is 6.29. The second-order valence-corrected chi connectivity index (χ2v) is 6.29. The molecule has 1 fully saturated rings. The number of methoxy groups -OCH3 is 1. The van der Waals surface area contributed by atoms with E-state index in [4.69, 9.17) is 9.72 Å². The predicted octanol–water partition coefficient (Wildman–Crippen LogP) is 2.88. The highest BCUT2D eigenvalue weighted by Gasteiger charge is 2.23. The van der Waals surface area contributed by atoms with Crippen LogP contribution in [-0.2, 0) is 7.05 Å². The molecule has 3 heterocycles. The molecule has 0 aliphatic carbocycles. The van der Waals surface area contributed by atoms with Crippen LogP contribution in [0.1, 0.15) is 23.2 Å². The number of benzene rings is 1. The van der Waals surface area contributed by atoms with E-state index in [2.05, 4.69) is 5.10 Å². The third-order valence-corrected chi connectivity index (χ3v) is 4.69. The summed E-state index contributed by atoms with van der Waals surface area (Å²) in [5, 5.41) is 5.09. The van der Waals surface area contributed by atoms with Crippen molar-refractivity contribution in [3.05, 3.63) is 42.1 Å². The number of carbonyl (C=O) groups is 1. The number of pyridine rings is 1. The van der Waals surface area contributed by atoms with Crippen LogP contribution < -0.4 is 4.74 Å². The summed E-state index contributed by atoms with van der Waals surface area (Å²) >= 11 is 0. The first-order valence-corrected chi connectivity index (χ1v) is 8.44. The van der Waals surface area contributed by atoms with Gasteiger partial charge in [0.2, 0.25) is 0 Å². The SMILES string of the molecule is COc1cccc(-c2cc(C(=O)N3CCCC3)c3cnn(C)c3n2)c1. The van der Waals surface area contributed by atoms with E-state index in [0.29, 0.717) is 11.2 Å². The van der Waals surface area contributed by atoms with Gasteiger partial charge in [-0.3, -0.25) is 9.48 Å². The Morgan fingerprint density at radius 1 is 1.20 bits per heavy atom. The monoisotopic (exact) mass is 336 g/mol. The highest BCUT2D eigenvalue weighted by atomic mass is 16.5. The number of hydrogen-bond donors (Lipinski definition) is 0. The molecule has 0 spiro atoms. The van der Waals surface area contributed by atoms with Gasteiger partial charge in [0, 0.05) is 25.7 Å². The topological polar surface area (TPSA) is 60.2 Å². The van der Waals surface area contributed by atoms with Crippen molar-refractivity contribution >= 4 is 16.9 Å². The lowest BCUT2D eigenvalue weighted by Crippen LogP contribution is -2.27. The minimum absolute atomic E-state index is 0.0575. The first kappa shape index (κ1) is 15.6. The van der Waals surface area contributed by atoms with Crippen molar-refractivity contribution < 1.29 is 9.53 Å². The van der Waals surface area contributed by atoms with Crippen LogP contribution in [-0.4, -0.2) is 45.8 Å². The van der Waals surface area contributed by atoms with E-state index in [1.54, 1.807) is 18.0 Å². The number of amides is 1. The highest BCUT2D eigenvalue weighted by Crippen LogP contribution is 2.28. The van der Waals surface area contributed by atoms with Crippen LogP contribution in [0, 0.1) is 0 Å². The summed E-state index contributed by atoms with van der Waals surface area (Å²) in [7, 11) is 3.48. The lowest BCUT2D eigenvalue weighted by Gasteiger charge is -2.16. The standard InChI is InChI=1S/C19H20N4O2/c1-22-18-16(12-20-22)15(19(24)23-8-3-4-9-23)11-17(21-18)13-6-5-7-14(10-13)25-2/h5-7,10-12H,3-4,8-9H2,1-2H3. The molecule has 0 atom stereocenters. The van der Waals surface area contributed by atoms with Crippen molar-refractivity contribution in [3.8, 4) is 17.0 Å². The van der Waals surface area contributed by atoms with E-state index in [9.17, 15) is 4.79 Å². The molecule has 2 aromatic heterocycles. The number of nitrogens with zero attached hydrogens (tertiary/aromatic N) is 4. The van der Waals surface area contributed by atoms with Crippen molar-refractivity contribution in [1.29, 1.82) is 0 Å². The first-order chi connectivity index (χ1) is 12.2.